The van der Waals surface area contributed by atoms with E-state index in [9.17, 15) is 9.59 Å². The standard InChI is InChI=1S/C30H32N4O3/c1-33(2)19-24-18-31-27-14-13-23(17-26(24)27)22-10-6-11-25(16-22)32-29(35)28-12-7-15-34(28)30(36)37-20-21-8-4-3-5-9-21/h3-6,8-11,13-14,16-18,28,31H,7,12,15,19-20H2,1-2H3,(H,32,35)/t28-/m0/s1. The Labute approximate surface area is 217 Å². The van der Waals surface area contributed by atoms with Crippen molar-refractivity contribution in [1.29, 1.82) is 0 Å². The number of carbonyl (C=O) groups is 2. The summed E-state index contributed by atoms with van der Waals surface area (Å²) in [5, 5.41) is 4.21. The van der Waals surface area contributed by atoms with Gasteiger partial charge in [0.1, 0.15) is 12.6 Å². The zero-order valence-corrected chi connectivity index (χ0v) is 21.2. The number of H-pyrrole nitrogens is 1. The summed E-state index contributed by atoms with van der Waals surface area (Å²) in [5.41, 5.74) is 6.06. The van der Waals surface area contributed by atoms with Crippen LogP contribution in [-0.4, -0.2) is 53.5 Å². The zero-order valence-electron chi connectivity index (χ0n) is 21.2. The fraction of sp³-hybridized carbons (Fsp3) is 0.267. The minimum Gasteiger partial charge on any atom is -0.445 e. The zero-order chi connectivity index (χ0) is 25.8. The van der Waals surface area contributed by atoms with Crippen molar-refractivity contribution < 1.29 is 14.3 Å². The minimum atomic E-state index is -0.545. The number of hydrogen-bond acceptors (Lipinski definition) is 4. The molecule has 1 fully saturated rings. The number of ether oxygens (including phenoxy) is 1. The summed E-state index contributed by atoms with van der Waals surface area (Å²) < 4.78 is 5.48. The molecule has 0 bridgehead atoms. The van der Waals surface area contributed by atoms with Gasteiger partial charge in [-0.05, 0) is 73.5 Å². The molecule has 7 nitrogen and oxygen atoms in total. The van der Waals surface area contributed by atoms with Crippen LogP contribution in [0.1, 0.15) is 24.0 Å². The van der Waals surface area contributed by atoms with Gasteiger partial charge >= 0.3 is 6.09 Å². The molecule has 0 radical (unpaired) electrons. The summed E-state index contributed by atoms with van der Waals surface area (Å²) in [6.45, 7) is 1.55. The van der Waals surface area contributed by atoms with E-state index in [4.69, 9.17) is 4.74 Å². The summed E-state index contributed by atoms with van der Waals surface area (Å²) in [6.07, 6.45) is 2.99. The molecule has 1 aliphatic rings. The van der Waals surface area contributed by atoms with Gasteiger partial charge in [-0.15, -0.1) is 0 Å². The summed E-state index contributed by atoms with van der Waals surface area (Å²) in [7, 11) is 4.12. The largest absolute Gasteiger partial charge is 0.445 e. The maximum atomic E-state index is 13.2. The molecule has 0 saturated carbocycles. The highest BCUT2D eigenvalue weighted by Gasteiger charge is 2.35. The Hall–Kier alpha value is -4.10. The van der Waals surface area contributed by atoms with Gasteiger partial charge in [0, 0.05) is 35.9 Å². The first-order valence-electron chi connectivity index (χ1n) is 12.6. The van der Waals surface area contributed by atoms with Crippen LogP contribution >= 0.6 is 0 Å². The van der Waals surface area contributed by atoms with E-state index < -0.39 is 12.1 Å². The number of nitrogens with one attached hydrogen (secondary N) is 2. The van der Waals surface area contributed by atoms with E-state index in [0.717, 1.165) is 35.2 Å². The molecule has 0 aliphatic carbocycles. The third-order valence-electron chi connectivity index (χ3n) is 6.71. The second-order valence-corrected chi connectivity index (χ2v) is 9.77. The Balaban J connectivity index is 1.27. The monoisotopic (exact) mass is 496 g/mol. The van der Waals surface area contributed by atoms with Gasteiger partial charge in [0.2, 0.25) is 5.91 Å². The van der Waals surface area contributed by atoms with Crippen LogP contribution in [0.15, 0.2) is 79.0 Å². The third kappa shape index (κ3) is 5.67. The topological polar surface area (TPSA) is 77.7 Å². The van der Waals surface area contributed by atoms with Gasteiger partial charge in [0.05, 0.1) is 0 Å². The van der Waals surface area contributed by atoms with Gasteiger partial charge < -0.3 is 19.9 Å². The fourth-order valence-electron chi connectivity index (χ4n) is 4.89. The molecule has 1 atom stereocenters. The molecular weight excluding hydrogens is 464 g/mol. The summed E-state index contributed by atoms with van der Waals surface area (Å²) in [4.78, 5) is 32.9. The average molecular weight is 497 g/mol. The Kier molecular flexibility index (Phi) is 7.23. The van der Waals surface area contributed by atoms with Crippen molar-refractivity contribution in [2.45, 2.75) is 32.0 Å². The van der Waals surface area contributed by atoms with E-state index in [2.05, 4.69) is 53.7 Å². The van der Waals surface area contributed by atoms with Gasteiger partial charge in [0.25, 0.3) is 0 Å². The van der Waals surface area contributed by atoms with Crippen molar-refractivity contribution in [3.05, 3.63) is 90.1 Å². The molecule has 1 aliphatic heterocycles. The number of benzene rings is 3. The Morgan fingerprint density at radius 1 is 1.03 bits per heavy atom. The van der Waals surface area contributed by atoms with E-state index >= 15 is 0 Å². The van der Waals surface area contributed by atoms with Gasteiger partial charge in [-0.3, -0.25) is 9.69 Å². The normalized spacial score (nSPS) is 15.3. The second kappa shape index (κ2) is 10.9. The Bertz CT molecular complexity index is 1400. The molecule has 1 saturated heterocycles. The SMILES string of the molecule is CN(C)Cc1c[nH]c2ccc(-c3cccc(NC(=O)[C@@H]4CCCN4C(=O)OCc4ccccc4)c3)cc12. The van der Waals surface area contributed by atoms with Gasteiger partial charge in [-0.1, -0.05) is 48.5 Å². The van der Waals surface area contributed by atoms with Crippen LogP contribution in [-0.2, 0) is 22.7 Å². The summed E-state index contributed by atoms with van der Waals surface area (Å²) >= 11 is 0. The lowest BCUT2D eigenvalue weighted by Crippen LogP contribution is -2.43. The highest BCUT2D eigenvalue weighted by atomic mass is 16.6. The van der Waals surface area contributed by atoms with Crippen molar-refractivity contribution in [3.63, 3.8) is 0 Å². The molecule has 3 aromatic carbocycles. The molecule has 5 rings (SSSR count). The van der Waals surface area contributed by atoms with Crippen molar-refractivity contribution in [2.24, 2.45) is 0 Å². The molecule has 2 heterocycles. The predicted molar refractivity (Wildman–Crippen MR) is 146 cm³/mol. The minimum absolute atomic E-state index is 0.189. The number of hydrogen-bond donors (Lipinski definition) is 2. The van der Waals surface area contributed by atoms with E-state index in [1.807, 2.05) is 54.6 Å². The van der Waals surface area contributed by atoms with Crippen LogP contribution in [0, 0.1) is 0 Å². The Morgan fingerprint density at radius 3 is 2.65 bits per heavy atom. The fourth-order valence-corrected chi connectivity index (χ4v) is 4.89. The van der Waals surface area contributed by atoms with Crippen LogP contribution in [0.3, 0.4) is 0 Å². The van der Waals surface area contributed by atoms with Crippen LogP contribution in [0.2, 0.25) is 0 Å². The molecule has 1 aromatic heterocycles. The van der Waals surface area contributed by atoms with E-state index in [1.54, 1.807) is 0 Å². The number of amides is 2. The molecule has 0 unspecified atom stereocenters. The predicted octanol–water partition coefficient (Wildman–Crippen LogP) is 5.64. The number of carbonyl (C=O) groups excluding carboxylic acids is 2. The number of likely N-dealkylation sites (tertiary alicyclic amines) is 1. The molecule has 190 valence electrons. The number of anilines is 1. The van der Waals surface area contributed by atoms with E-state index in [1.165, 1.54) is 15.8 Å². The van der Waals surface area contributed by atoms with Crippen LogP contribution < -0.4 is 5.32 Å². The smallest absolute Gasteiger partial charge is 0.410 e. The van der Waals surface area contributed by atoms with E-state index in [0.29, 0.717) is 18.7 Å². The molecular formula is C30H32N4O3. The summed E-state index contributed by atoms with van der Waals surface area (Å²) in [5.74, 6) is -0.194. The number of nitrogens with zero attached hydrogens (tertiary/aromatic N) is 2. The number of aromatic nitrogens is 1. The lowest BCUT2D eigenvalue weighted by atomic mass is 10.0. The average Bonchev–Trinajstić information content (AvgIpc) is 3.55. The molecule has 7 heteroatoms. The van der Waals surface area contributed by atoms with Crippen molar-refractivity contribution in [2.75, 3.05) is 26.0 Å². The molecule has 2 N–H and O–H groups in total. The maximum Gasteiger partial charge on any atom is 0.410 e. The lowest BCUT2D eigenvalue weighted by molar-refractivity contribution is -0.120. The molecule has 2 amide bonds. The third-order valence-corrected chi connectivity index (χ3v) is 6.71. The highest BCUT2D eigenvalue weighted by Crippen LogP contribution is 2.29. The first-order valence-corrected chi connectivity index (χ1v) is 12.6. The van der Waals surface area contributed by atoms with Crippen molar-refractivity contribution in [3.8, 4) is 11.1 Å². The van der Waals surface area contributed by atoms with Gasteiger partial charge in [-0.25, -0.2) is 4.79 Å². The first-order chi connectivity index (χ1) is 18.0. The molecule has 37 heavy (non-hydrogen) atoms. The van der Waals surface area contributed by atoms with Crippen molar-refractivity contribution in [1.82, 2.24) is 14.8 Å². The van der Waals surface area contributed by atoms with Crippen LogP contribution in [0.5, 0.6) is 0 Å². The van der Waals surface area contributed by atoms with Crippen LogP contribution in [0.4, 0.5) is 10.5 Å². The van der Waals surface area contributed by atoms with E-state index in [-0.39, 0.29) is 12.5 Å². The van der Waals surface area contributed by atoms with Crippen molar-refractivity contribution >= 4 is 28.6 Å². The second-order valence-electron chi connectivity index (χ2n) is 9.77. The maximum absolute atomic E-state index is 13.2. The number of fused-ring (bicyclic) bond motifs is 1. The lowest BCUT2D eigenvalue weighted by Gasteiger charge is -2.23. The molecule has 0 spiro atoms. The highest BCUT2D eigenvalue weighted by molar-refractivity contribution is 5.97. The van der Waals surface area contributed by atoms with Gasteiger partial charge in [-0.2, -0.15) is 0 Å². The van der Waals surface area contributed by atoms with Gasteiger partial charge in [0.15, 0.2) is 0 Å². The Morgan fingerprint density at radius 2 is 1.84 bits per heavy atom. The number of aromatic amines is 1. The quantitative estimate of drug-likeness (QED) is 0.347. The number of rotatable bonds is 7. The first kappa shape index (κ1) is 24.6. The summed E-state index contributed by atoms with van der Waals surface area (Å²) in [6, 6.07) is 23.2. The molecule has 4 aromatic rings. The van der Waals surface area contributed by atoms with Crippen LogP contribution in [0.25, 0.3) is 22.0 Å².